The molecule has 1 saturated heterocycles. The molecule has 1 aliphatic heterocycles. The molecule has 150 valence electrons. The fraction of sp³-hybridized carbons (Fsp3) is 0.286. The van der Waals surface area contributed by atoms with Gasteiger partial charge in [0.2, 0.25) is 5.95 Å². The Morgan fingerprint density at radius 1 is 1.21 bits per heavy atom. The van der Waals surface area contributed by atoms with E-state index in [9.17, 15) is 9.18 Å². The van der Waals surface area contributed by atoms with Gasteiger partial charge >= 0.3 is 0 Å². The van der Waals surface area contributed by atoms with Gasteiger partial charge in [0.25, 0.3) is 5.56 Å². The molecule has 2 N–H and O–H groups in total. The molecule has 0 amide bonds. The first kappa shape index (κ1) is 19.5. The van der Waals surface area contributed by atoms with Crippen molar-refractivity contribution in [2.45, 2.75) is 25.4 Å². The van der Waals surface area contributed by atoms with Crippen LogP contribution in [0.2, 0.25) is 5.02 Å². The van der Waals surface area contributed by atoms with E-state index in [-0.39, 0.29) is 17.1 Å². The SMILES string of the molecule is O=c1cc(-c2ccnc(NC3CCNCC3)n2)ccn1Cc1ccc(Cl)c(F)c1. The molecule has 29 heavy (non-hydrogen) atoms. The van der Waals surface area contributed by atoms with E-state index in [0.29, 0.717) is 28.8 Å². The van der Waals surface area contributed by atoms with Gasteiger partial charge in [0.15, 0.2) is 0 Å². The summed E-state index contributed by atoms with van der Waals surface area (Å²) in [5, 5.41) is 6.76. The smallest absolute Gasteiger partial charge is 0.251 e. The Morgan fingerprint density at radius 3 is 2.79 bits per heavy atom. The molecule has 0 aliphatic carbocycles. The lowest BCUT2D eigenvalue weighted by Gasteiger charge is -2.23. The fourth-order valence-corrected chi connectivity index (χ4v) is 3.49. The molecule has 0 bridgehead atoms. The number of nitrogens with zero attached hydrogens (tertiary/aromatic N) is 3. The average molecular weight is 414 g/mol. The summed E-state index contributed by atoms with van der Waals surface area (Å²) in [4.78, 5) is 21.4. The van der Waals surface area contributed by atoms with E-state index in [1.165, 1.54) is 22.8 Å². The molecule has 0 spiro atoms. The third-order valence-corrected chi connectivity index (χ3v) is 5.26. The molecule has 6 nitrogen and oxygen atoms in total. The number of pyridine rings is 1. The minimum atomic E-state index is -0.497. The summed E-state index contributed by atoms with van der Waals surface area (Å²) < 4.78 is 15.1. The molecule has 1 fully saturated rings. The summed E-state index contributed by atoms with van der Waals surface area (Å²) >= 11 is 5.71. The van der Waals surface area contributed by atoms with Crippen molar-refractivity contribution in [2.24, 2.45) is 0 Å². The molecule has 1 aromatic carbocycles. The van der Waals surface area contributed by atoms with Gasteiger partial charge in [-0.1, -0.05) is 17.7 Å². The first-order chi connectivity index (χ1) is 14.1. The van der Waals surface area contributed by atoms with Gasteiger partial charge in [-0.3, -0.25) is 4.79 Å². The Bertz CT molecular complexity index is 1060. The number of anilines is 1. The van der Waals surface area contributed by atoms with Gasteiger partial charge < -0.3 is 15.2 Å². The molecule has 0 unspecified atom stereocenters. The molecule has 4 rings (SSSR count). The van der Waals surface area contributed by atoms with Crippen LogP contribution in [0, 0.1) is 5.82 Å². The summed E-state index contributed by atoms with van der Waals surface area (Å²) in [5.74, 6) is 0.0683. The molecule has 3 heterocycles. The number of nitrogens with one attached hydrogen (secondary N) is 2. The van der Waals surface area contributed by atoms with Crippen LogP contribution in [0.1, 0.15) is 18.4 Å². The van der Waals surface area contributed by atoms with Gasteiger partial charge in [-0.25, -0.2) is 14.4 Å². The van der Waals surface area contributed by atoms with Gasteiger partial charge in [-0.05, 0) is 55.8 Å². The van der Waals surface area contributed by atoms with E-state index in [1.54, 1.807) is 24.5 Å². The molecule has 1 aliphatic rings. The topological polar surface area (TPSA) is 71.8 Å². The van der Waals surface area contributed by atoms with Crippen molar-refractivity contribution in [3.05, 3.63) is 75.5 Å². The van der Waals surface area contributed by atoms with Crippen molar-refractivity contribution < 1.29 is 4.39 Å². The summed E-state index contributed by atoms with van der Waals surface area (Å²) in [6.07, 6.45) is 5.42. The van der Waals surface area contributed by atoms with Crippen molar-refractivity contribution in [3.63, 3.8) is 0 Å². The van der Waals surface area contributed by atoms with Crippen LogP contribution in [-0.2, 0) is 6.54 Å². The van der Waals surface area contributed by atoms with Crippen molar-refractivity contribution in [3.8, 4) is 11.3 Å². The molecular formula is C21H21ClFN5O. The molecular weight excluding hydrogens is 393 g/mol. The number of halogens is 2. The summed E-state index contributed by atoms with van der Waals surface area (Å²) in [6.45, 7) is 2.22. The van der Waals surface area contributed by atoms with Crippen LogP contribution in [0.3, 0.4) is 0 Å². The monoisotopic (exact) mass is 413 g/mol. The Morgan fingerprint density at radius 2 is 2.03 bits per heavy atom. The second-order valence-electron chi connectivity index (χ2n) is 7.06. The minimum absolute atomic E-state index is 0.0640. The fourth-order valence-electron chi connectivity index (χ4n) is 3.37. The average Bonchev–Trinajstić information content (AvgIpc) is 2.73. The van der Waals surface area contributed by atoms with Crippen molar-refractivity contribution in [2.75, 3.05) is 18.4 Å². The standard InChI is InChI=1S/C21H21ClFN5O/c22-17-2-1-14(11-18(17)23)13-28-10-6-15(12-20(28)29)19-5-9-25-21(27-19)26-16-3-7-24-8-4-16/h1-2,5-6,9-12,16,24H,3-4,7-8,13H2,(H,25,26,27). The number of rotatable bonds is 5. The van der Waals surface area contributed by atoms with Crippen LogP contribution in [0.5, 0.6) is 0 Å². The Labute approximate surface area is 172 Å². The van der Waals surface area contributed by atoms with Gasteiger partial charge in [-0.15, -0.1) is 0 Å². The highest BCUT2D eigenvalue weighted by molar-refractivity contribution is 6.30. The summed E-state index contributed by atoms with van der Waals surface area (Å²) in [7, 11) is 0. The van der Waals surface area contributed by atoms with Gasteiger partial charge in [-0.2, -0.15) is 0 Å². The van der Waals surface area contributed by atoms with Crippen molar-refractivity contribution in [1.82, 2.24) is 19.9 Å². The van der Waals surface area contributed by atoms with Crippen LogP contribution < -0.4 is 16.2 Å². The van der Waals surface area contributed by atoms with Gasteiger partial charge in [0, 0.05) is 30.1 Å². The molecule has 0 atom stereocenters. The lowest BCUT2D eigenvalue weighted by molar-refractivity contribution is 0.477. The Hall–Kier alpha value is -2.77. The first-order valence-corrected chi connectivity index (χ1v) is 9.91. The Kier molecular flexibility index (Phi) is 5.87. The van der Waals surface area contributed by atoms with E-state index >= 15 is 0 Å². The first-order valence-electron chi connectivity index (χ1n) is 9.53. The van der Waals surface area contributed by atoms with E-state index < -0.39 is 5.82 Å². The highest BCUT2D eigenvalue weighted by atomic mass is 35.5. The van der Waals surface area contributed by atoms with Crippen LogP contribution >= 0.6 is 11.6 Å². The number of hydrogen-bond acceptors (Lipinski definition) is 5. The maximum absolute atomic E-state index is 13.6. The van der Waals surface area contributed by atoms with E-state index in [2.05, 4.69) is 20.6 Å². The van der Waals surface area contributed by atoms with Gasteiger partial charge in [0.1, 0.15) is 5.82 Å². The van der Waals surface area contributed by atoms with Crippen LogP contribution in [0.25, 0.3) is 11.3 Å². The lowest BCUT2D eigenvalue weighted by Crippen LogP contribution is -2.35. The second kappa shape index (κ2) is 8.71. The zero-order chi connectivity index (χ0) is 20.2. The van der Waals surface area contributed by atoms with Gasteiger partial charge in [0.05, 0.1) is 17.3 Å². The maximum atomic E-state index is 13.6. The number of hydrogen-bond donors (Lipinski definition) is 2. The summed E-state index contributed by atoms with van der Waals surface area (Å²) in [6, 6.07) is 10.0. The molecule has 8 heteroatoms. The van der Waals surface area contributed by atoms with E-state index in [1.807, 2.05) is 6.07 Å². The predicted molar refractivity (Wildman–Crippen MR) is 112 cm³/mol. The molecule has 0 saturated carbocycles. The predicted octanol–water partition coefficient (Wildman–Crippen LogP) is 3.31. The number of benzene rings is 1. The summed E-state index contributed by atoms with van der Waals surface area (Å²) in [5.41, 5.74) is 1.86. The highest BCUT2D eigenvalue weighted by Crippen LogP contribution is 2.18. The van der Waals surface area contributed by atoms with Crippen LogP contribution in [-0.4, -0.2) is 33.7 Å². The van der Waals surface area contributed by atoms with E-state index in [0.717, 1.165) is 25.9 Å². The largest absolute Gasteiger partial charge is 0.351 e. The molecule has 3 aromatic rings. The number of piperidine rings is 1. The van der Waals surface area contributed by atoms with E-state index in [4.69, 9.17) is 11.6 Å². The van der Waals surface area contributed by atoms with Crippen LogP contribution in [0.15, 0.2) is 53.6 Å². The van der Waals surface area contributed by atoms with Crippen molar-refractivity contribution >= 4 is 17.5 Å². The third kappa shape index (κ3) is 4.81. The second-order valence-corrected chi connectivity index (χ2v) is 7.47. The molecule has 0 radical (unpaired) electrons. The lowest BCUT2D eigenvalue weighted by atomic mass is 10.1. The minimum Gasteiger partial charge on any atom is -0.351 e. The maximum Gasteiger partial charge on any atom is 0.251 e. The highest BCUT2D eigenvalue weighted by Gasteiger charge is 2.14. The van der Waals surface area contributed by atoms with Crippen molar-refractivity contribution in [1.29, 1.82) is 0 Å². The third-order valence-electron chi connectivity index (χ3n) is 4.96. The Balaban J connectivity index is 1.52. The quantitative estimate of drug-likeness (QED) is 0.671. The van der Waals surface area contributed by atoms with Crippen LogP contribution in [0.4, 0.5) is 10.3 Å². The zero-order valence-electron chi connectivity index (χ0n) is 15.7. The zero-order valence-corrected chi connectivity index (χ0v) is 16.5. The number of aromatic nitrogens is 3. The molecule has 2 aromatic heterocycles. The normalized spacial score (nSPS) is 14.7.